The Labute approximate surface area is 81.0 Å². The topological polar surface area (TPSA) is 53.8 Å². The number of carbonyl (C=O) groups excluding carboxylic acids is 1. The lowest BCUT2D eigenvalue weighted by molar-refractivity contribution is -0.123. The second-order valence-electron chi connectivity index (χ2n) is 3.14. The first-order valence-electron chi connectivity index (χ1n) is 3.88. The van der Waals surface area contributed by atoms with Crippen LogP contribution in [0, 0.1) is 16.7 Å². The molecule has 4 heteroatoms. The molecule has 0 saturated heterocycles. The Morgan fingerprint density at radius 3 is 2.92 bits per heavy atom. The summed E-state index contributed by atoms with van der Waals surface area (Å²) >= 11 is 1.47. The number of aromatic nitrogens is 1. The fraction of sp³-hybridized carbons (Fsp3) is 0.444. The van der Waals surface area contributed by atoms with E-state index in [1.54, 1.807) is 18.6 Å². The van der Waals surface area contributed by atoms with E-state index in [-0.39, 0.29) is 5.78 Å². The normalized spacial score (nSPS) is 14.5. The Balaban J connectivity index is 2.83. The van der Waals surface area contributed by atoms with Crippen LogP contribution in [0.5, 0.6) is 0 Å². The minimum absolute atomic E-state index is 0.0941. The first kappa shape index (κ1) is 9.87. The largest absolute Gasteiger partial charge is 0.298 e. The van der Waals surface area contributed by atoms with Gasteiger partial charge in [0.2, 0.25) is 0 Å². The van der Waals surface area contributed by atoms with Crippen molar-refractivity contribution in [2.24, 2.45) is 5.41 Å². The van der Waals surface area contributed by atoms with E-state index in [0.29, 0.717) is 6.42 Å². The highest BCUT2D eigenvalue weighted by molar-refractivity contribution is 7.09. The molecule has 1 aromatic heterocycles. The quantitative estimate of drug-likeness (QED) is 0.737. The van der Waals surface area contributed by atoms with Crippen molar-refractivity contribution in [2.75, 3.05) is 0 Å². The van der Waals surface area contributed by atoms with E-state index in [9.17, 15) is 4.79 Å². The summed E-state index contributed by atoms with van der Waals surface area (Å²) < 4.78 is 0. The molecule has 0 saturated carbocycles. The number of thiazole rings is 1. The van der Waals surface area contributed by atoms with E-state index < -0.39 is 5.41 Å². The molecule has 0 bridgehead atoms. The second kappa shape index (κ2) is 3.67. The lowest BCUT2D eigenvalue weighted by atomic mass is 9.84. The predicted octanol–water partition coefficient (Wildman–Crippen LogP) is 1.80. The zero-order valence-electron chi connectivity index (χ0n) is 7.57. The molecule has 1 aromatic rings. The number of hydrogen-bond donors (Lipinski definition) is 0. The summed E-state index contributed by atoms with van der Waals surface area (Å²) in [5.41, 5.74) is 0.805. The molecule has 3 nitrogen and oxygen atoms in total. The summed E-state index contributed by atoms with van der Waals surface area (Å²) in [5.74, 6) is -0.0941. The molecule has 13 heavy (non-hydrogen) atoms. The van der Waals surface area contributed by atoms with Crippen LogP contribution in [0.2, 0.25) is 0 Å². The van der Waals surface area contributed by atoms with E-state index in [2.05, 4.69) is 4.98 Å². The van der Waals surface area contributed by atoms with Crippen LogP contribution in [0.15, 0.2) is 11.7 Å². The fourth-order valence-corrected chi connectivity index (χ4v) is 1.67. The SMILES string of the molecule is CC(=O)C(C)(C#N)Cc1cncs1. The molecule has 0 spiro atoms. The number of carbonyl (C=O) groups is 1. The lowest BCUT2D eigenvalue weighted by Gasteiger charge is -2.15. The average molecular weight is 194 g/mol. The van der Waals surface area contributed by atoms with Crippen molar-refractivity contribution >= 4 is 17.1 Å². The van der Waals surface area contributed by atoms with E-state index in [4.69, 9.17) is 5.26 Å². The number of nitrogens with zero attached hydrogens (tertiary/aromatic N) is 2. The molecule has 1 rings (SSSR count). The Morgan fingerprint density at radius 1 is 1.85 bits per heavy atom. The van der Waals surface area contributed by atoms with Gasteiger partial charge in [0.25, 0.3) is 0 Å². The summed E-state index contributed by atoms with van der Waals surface area (Å²) in [6, 6.07) is 2.05. The zero-order valence-corrected chi connectivity index (χ0v) is 8.39. The van der Waals surface area contributed by atoms with E-state index >= 15 is 0 Å². The highest BCUT2D eigenvalue weighted by Gasteiger charge is 2.30. The van der Waals surface area contributed by atoms with Crippen LogP contribution < -0.4 is 0 Å². The molecule has 0 aliphatic rings. The first-order valence-corrected chi connectivity index (χ1v) is 4.76. The summed E-state index contributed by atoms with van der Waals surface area (Å²) in [4.78, 5) is 16.1. The molecule has 1 atom stereocenters. The number of Topliss-reactive ketones (excluding diaryl/α,β-unsaturated/α-hetero) is 1. The van der Waals surface area contributed by atoms with Gasteiger partial charge in [0, 0.05) is 17.5 Å². The van der Waals surface area contributed by atoms with Crippen molar-refractivity contribution in [3.05, 3.63) is 16.6 Å². The van der Waals surface area contributed by atoms with Crippen molar-refractivity contribution in [2.45, 2.75) is 20.3 Å². The van der Waals surface area contributed by atoms with Gasteiger partial charge in [-0.25, -0.2) is 0 Å². The molecule has 68 valence electrons. The van der Waals surface area contributed by atoms with Crippen molar-refractivity contribution in [1.29, 1.82) is 5.26 Å². The molecular formula is C9H10N2OS. The second-order valence-corrected chi connectivity index (χ2v) is 4.12. The van der Waals surface area contributed by atoms with Gasteiger partial charge in [0.1, 0.15) is 11.2 Å². The summed E-state index contributed by atoms with van der Waals surface area (Å²) in [7, 11) is 0. The molecule has 1 heterocycles. The van der Waals surface area contributed by atoms with Gasteiger partial charge in [-0.15, -0.1) is 11.3 Å². The Hall–Kier alpha value is -1.21. The molecule has 0 radical (unpaired) electrons. The zero-order chi connectivity index (χ0) is 9.90. The molecule has 0 N–H and O–H groups in total. The highest BCUT2D eigenvalue weighted by atomic mass is 32.1. The van der Waals surface area contributed by atoms with Crippen molar-refractivity contribution in [1.82, 2.24) is 4.98 Å². The van der Waals surface area contributed by atoms with Crippen LogP contribution >= 0.6 is 11.3 Å². The minimum Gasteiger partial charge on any atom is -0.298 e. The van der Waals surface area contributed by atoms with Crippen LogP contribution in [0.4, 0.5) is 0 Å². The maximum atomic E-state index is 11.2. The molecule has 0 aliphatic carbocycles. The number of rotatable bonds is 3. The predicted molar refractivity (Wildman–Crippen MR) is 50.2 cm³/mol. The Kier molecular flexibility index (Phi) is 2.79. The summed E-state index contributed by atoms with van der Waals surface area (Å²) in [6.45, 7) is 3.11. The number of ketones is 1. The van der Waals surface area contributed by atoms with Crippen LogP contribution in [0.25, 0.3) is 0 Å². The maximum Gasteiger partial charge on any atom is 0.150 e. The maximum absolute atomic E-state index is 11.2. The third-order valence-electron chi connectivity index (χ3n) is 2.04. The minimum atomic E-state index is -0.896. The van der Waals surface area contributed by atoms with Gasteiger partial charge in [0.05, 0.1) is 11.6 Å². The van der Waals surface area contributed by atoms with Crippen LogP contribution in [0.1, 0.15) is 18.7 Å². The number of nitriles is 1. The van der Waals surface area contributed by atoms with Gasteiger partial charge >= 0.3 is 0 Å². The Morgan fingerprint density at radius 2 is 2.54 bits per heavy atom. The number of hydrogen-bond acceptors (Lipinski definition) is 4. The van der Waals surface area contributed by atoms with E-state index in [0.717, 1.165) is 4.88 Å². The van der Waals surface area contributed by atoms with Crippen molar-refractivity contribution in [3.8, 4) is 6.07 Å². The molecular weight excluding hydrogens is 184 g/mol. The molecule has 0 aliphatic heterocycles. The highest BCUT2D eigenvalue weighted by Crippen LogP contribution is 2.24. The molecule has 0 aromatic carbocycles. The standard InChI is InChI=1S/C9H10N2OS/c1-7(12)9(2,5-10)3-8-4-11-6-13-8/h4,6H,3H2,1-2H3. The van der Waals surface area contributed by atoms with Crippen LogP contribution in [-0.4, -0.2) is 10.8 Å². The first-order chi connectivity index (χ1) is 6.08. The van der Waals surface area contributed by atoms with Crippen molar-refractivity contribution in [3.63, 3.8) is 0 Å². The smallest absolute Gasteiger partial charge is 0.150 e. The van der Waals surface area contributed by atoms with Gasteiger partial charge in [-0.2, -0.15) is 5.26 Å². The van der Waals surface area contributed by atoms with Gasteiger partial charge in [-0.05, 0) is 13.8 Å². The third kappa shape index (κ3) is 2.13. The fourth-order valence-electron chi connectivity index (χ4n) is 0.921. The lowest BCUT2D eigenvalue weighted by Crippen LogP contribution is -2.25. The van der Waals surface area contributed by atoms with Gasteiger partial charge < -0.3 is 0 Å². The van der Waals surface area contributed by atoms with Crippen LogP contribution in [-0.2, 0) is 11.2 Å². The van der Waals surface area contributed by atoms with Gasteiger partial charge in [-0.3, -0.25) is 9.78 Å². The molecule has 0 amide bonds. The third-order valence-corrected chi connectivity index (χ3v) is 2.81. The molecule has 1 unspecified atom stereocenters. The summed E-state index contributed by atoms with van der Waals surface area (Å²) in [5, 5.41) is 8.87. The van der Waals surface area contributed by atoms with Crippen LogP contribution in [0.3, 0.4) is 0 Å². The van der Waals surface area contributed by atoms with Gasteiger partial charge in [-0.1, -0.05) is 0 Å². The molecule has 0 fully saturated rings. The average Bonchev–Trinajstić information content (AvgIpc) is 2.56. The Bertz CT molecular complexity index is 339. The van der Waals surface area contributed by atoms with Crippen molar-refractivity contribution < 1.29 is 4.79 Å². The summed E-state index contributed by atoms with van der Waals surface area (Å²) in [6.07, 6.45) is 2.16. The van der Waals surface area contributed by atoms with Gasteiger partial charge in [0.15, 0.2) is 0 Å². The monoisotopic (exact) mass is 194 g/mol. The van der Waals surface area contributed by atoms with E-state index in [1.807, 2.05) is 6.07 Å². The van der Waals surface area contributed by atoms with E-state index in [1.165, 1.54) is 18.3 Å².